The van der Waals surface area contributed by atoms with Crippen LogP contribution in [0.1, 0.15) is 34.3 Å². The molecule has 4 aromatic rings. The number of ether oxygens (including phenoxy) is 1. The van der Waals surface area contributed by atoms with Gasteiger partial charge in [0.15, 0.2) is 0 Å². The largest absolute Gasteiger partial charge is 0.465 e. The molecular weight excluding hydrogens is 434 g/mol. The second-order valence-corrected chi connectivity index (χ2v) is 7.95. The first-order chi connectivity index (χ1) is 16.5. The van der Waals surface area contributed by atoms with Crippen molar-refractivity contribution >= 4 is 5.97 Å². The summed E-state index contributed by atoms with van der Waals surface area (Å²) in [6, 6.07) is 16.6. The predicted octanol–water partition coefficient (Wildman–Crippen LogP) is 2.65. The molecule has 174 valence electrons. The number of unbranched alkanes of at least 4 members (excludes halogenated alkanes) is 1. The number of nitrogens with zero attached hydrogens (tertiary/aromatic N) is 4. The van der Waals surface area contributed by atoms with Gasteiger partial charge >= 0.3 is 11.7 Å². The lowest BCUT2D eigenvalue weighted by atomic mass is 10.1. The van der Waals surface area contributed by atoms with Crippen LogP contribution in [0.25, 0.3) is 11.3 Å². The van der Waals surface area contributed by atoms with Gasteiger partial charge in [-0.3, -0.25) is 19.0 Å². The van der Waals surface area contributed by atoms with Gasteiger partial charge in [-0.25, -0.2) is 9.59 Å². The highest BCUT2D eigenvalue weighted by Gasteiger charge is 2.06. The highest BCUT2D eigenvalue weighted by Crippen LogP contribution is 2.17. The molecule has 0 unspecified atom stereocenters. The second-order valence-electron chi connectivity index (χ2n) is 7.95. The Morgan fingerprint density at radius 1 is 0.971 bits per heavy atom. The smallest absolute Gasteiger partial charge is 0.337 e. The number of carbonyl (C=O) groups excluding carboxylic acids is 1. The van der Waals surface area contributed by atoms with Crippen molar-refractivity contribution < 1.29 is 9.53 Å². The van der Waals surface area contributed by atoms with Gasteiger partial charge in [0.2, 0.25) is 0 Å². The lowest BCUT2D eigenvalue weighted by Crippen LogP contribution is -2.28. The fourth-order valence-corrected chi connectivity index (χ4v) is 3.61. The third-order valence-corrected chi connectivity index (χ3v) is 5.52. The fraction of sp³-hybridized carbons (Fsp3) is 0.240. The van der Waals surface area contributed by atoms with Crippen molar-refractivity contribution in [3.63, 3.8) is 0 Å². The van der Waals surface area contributed by atoms with E-state index in [9.17, 15) is 14.4 Å². The van der Waals surface area contributed by atoms with Gasteiger partial charge in [-0.2, -0.15) is 0 Å². The van der Waals surface area contributed by atoms with Crippen LogP contribution >= 0.6 is 0 Å². The average Bonchev–Trinajstić information content (AvgIpc) is 3.33. The molecule has 0 aliphatic carbocycles. The summed E-state index contributed by atoms with van der Waals surface area (Å²) in [7, 11) is 1.38. The molecule has 4 rings (SSSR count). The number of carbonyl (C=O) groups is 1. The summed E-state index contributed by atoms with van der Waals surface area (Å²) in [5, 5.41) is 8.49. The Hall–Kier alpha value is -4.27. The number of rotatable bonds is 9. The van der Waals surface area contributed by atoms with E-state index >= 15 is 0 Å². The number of esters is 1. The van der Waals surface area contributed by atoms with Crippen LogP contribution in [0.15, 0.2) is 76.6 Å². The van der Waals surface area contributed by atoms with Crippen molar-refractivity contribution in [2.24, 2.45) is 0 Å². The number of aromatic nitrogens is 5. The highest BCUT2D eigenvalue weighted by atomic mass is 16.5. The summed E-state index contributed by atoms with van der Waals surface area (Å²) in [4.78, 5) is 36.8. The molecule has 0 atom stereocenters. The van der Waals surface area contributed by atoms with E-state index in [1.165, 1.54) is 29.5 Å². The summed E-state index contributed by atoms with van der Waals surface area (Å²) < 4.78 is 8.00. The first kappa shape index (κ1) is 22.9. The molecule has 0 fully saturated rings. The number of aryl methyl sites for hydroxylation is 2. The predicted molar refractivity (Wildman–Crippen MR) is 127 cm³/mol. The maximum Gasteiger partial charge on any atom is 0.337 e. The van der Waals surface area contributed by atoms with Gasteiger partial charge in [-0.05, 0) is 42.5 Å². The van der Waals surface area contributed by atoms with Gasteiger partial charge in [0.1, 0.15) is 5.69 Å². The van der Waals surface area contributed by atoms with E-state index < -0.39 is 11.2 Å². The number of aromatic amines is 1. The number of nitrogens with one attached hydrogen (secondary N) is 1. The zero-order valence-corrected chi connectivity index (χ0v) is 18.8. The molecule has 0 saturated carbocycles. The number of H-pyrrole nitrogens is 1. The standard InChI is InChI=1S/C25H25N5O4/c1-34-24(32)21-11-5-18(6-12-21)4-2-3-14-30-17-22(27-28-30)20-9-7-19(8-10-20)16-29-15-13-23(31)26-25(29)33/h5-13,15,17H,2-4,14,16H2,1H3,(H,26,31,33). The Morgan fingerprint density at radius 3 is 2.41 bits per heavy atom. The molecular formula is C25H25N5O4. The molecule has 1 N–H and O–H groups in total. The van der Waals surface area contributed by atoms with E-state index in [2.05, 4.69) is 15.3 Å². The van der Waals surface area contributed by atoms with Crippen molar-refractivity contribution in [1.29, 1.82) is 0 Å². The van der Waals surface area contributed by atoms with E-state index in [1.54, 1.807) is 12.1 Å². The molecule has 0 amide bonds. The molecule has 0 aliphatic rings. The number of benzene rings is 2. The molecule has 2 heterocycles. The third-order valence-electron chi connectivity index (χ3n) is 5.52. The van der Waals surface area contributed by atoms with Crippen LogP contribution in [-0.4, -0.2) is 37.6 Å². The van der Waals surface area contributed by atoms with Crippen LogP contribution in [0.2, 0.25) is 0 Å². The van der Waals surface area contributed by atoms with Crippen molar-refractivity contribution in [1.82, 2.24) is 24.5 Å². The number of methoxy groups -OCH3 is 1. The molecule has 2 aromatic carbocycles. The van der Waals surface area contributed by atoms with E-state index in [0.29, 0.717) is 12.1 Å². The lowest BCUT2D eigenvalue weighted by molar-refractivity contribution is 0.0600. The first-order valence-corrected chi connectivity index (χ1v) is 11.0. The molecule has 0 spiro atoms. The monoisotopic (exact) mass is 459 g/mol. The Bertz CT molecular complexity index is 1370. The lowest BCUT2D eigenvalue weighted by Gasteiger charge is -2.05. The van der Waals surface area contributed by atoms with Gasteiger partial charge in [-0.1, -0.05) is 41.6 Å². The van der Waals surface area contributed by atoms with E-state index in [-0.39, 0.29) is 5.97 Å². The summed E-state index contributed by atoms with van der Waals surface area (Å²) in [5.41, 5.74) is 3.55. The molecule has 0 saturated heterocycles. The molecule has 2 aromatic heterocycles. The van der Waals surface area contributed by atoms with Crippen LogP contribution in [0.4, 0.5) is 0 Å². The molecule has 0 bridgehead atoms. The van der Waals surface area contributed by atoms with E-state index in [1.807, 2.05) is 47.3 Å². The summed E-state index contributed by atoms with van der Waals surface area (Å²) >= 11 is 0. The van der Waals surface area contributed by atoms with Crippen molar-refractivity contribution in [2.45, 2.75) is 32.4 Å². The number of hydrogen-bond acceptors (Lipinski definition) is 6. The van der Waals surface area contributed by atoms with Gasteiger partial charge in [0, 0.05) is 24.4 Å². The normalized spacial score (nSPS) is 10.9. The first-order valence-electron chi connectivity index (χ1n) is 11.0. The SMILES string of the molecule is COC(=O)c1ccc(CCCCn2cc(-c3ccc(Cn4ccc(=O)[nH]c4=O)cc3)nn2)cc1. The molecule has 9 heteroatoms. The third kappa shape index (κ3) is 5.74. The Kier molecular flexibility index (Phi) is 7.12. The zero-order chi connectivity index (χ0) is 23.9. The summed E-state index contributed by atoms with van der Waals surface area (Å²) in [6.07, 6.45) is 6.27. The molecule has 9 nitrogen and oxygen atoms in total. The maximum absolute atomic E-state index is 11.8. The maximum atomic E-state index is 11.8. The fourth-order valence-electron chi connectivity index (χ4n) is 3.61. The average molecular weight is 460 g/mol. The minimum Gasteiger partial charge on any atom is -0.465 e. The van der Waals surface area contributed by atoms with Crippen LogP contribution in [0, 0.1) is 0 Å². The van der Waals surface area contributed by atoms with Crippen LogP contribution in [-0.2, 0) is 24.2 Å². The van der Waals surface area contributed by atoms with E-state index in [0.717, 1.165) is 42.6 Å². The summed E-state index contributed by atoms with van der Waals surface area (Å²) in [6.45, 7) is 1.13. The Morgan fingerprint density at radius 2 is 1.71 bits per heavy atom. The van der Waals surface area contributed by atoms with Crippen molar-refractivity contribution in [2.75, 3.05) is 7.11 Å². The Balaban J connectivity index is 1.28. The zero-order valence-electron chi connectivity index (χ0n) is 18.8. The second kappa shape index (κ2) is 10.6. The van der Waals surface area contributed by atoms with Gasteiger partial charge < -0.3 is 4.74 Å². The topological polar surface area (TPSA) is 112 Å². The highest BCUT2D eigenvalue weighted by molar-refractivity contribution is 5.89. The van der Waals surface area contributed by atoms with E-state index in [4.69, 9.17) is 4.74 Å². The van der Waals surface area contributed by atoms with Gasteiger partial charge in [0.25, 0.3) is 5.56 Å². The number of hydrogen-bond donors (Lipinski definition) is 1. The quantitative estimate of drug-likeness (QED) is 0.304. The summed E-state index contributed by atoms with van der Waals surface area (Å²) in [5.74, 6) is -0.326. The minimum atomic E-state index is -0.433. The van der Waals surface area contributed by atoms with Crippen LogP contribution < -0.4 is 11.2 Å². The molecule has 0 radical (unpaired) electrons. The van der Waals surface area contributed by atoms with Gasteiger partial charge in [0.05, 0.1) is 25.4 Å². The minimum absolute atomic E-state index is 0.326. The van der Waals surface area contributed by atoms with Crippen LogP contribution in [0.5, 0.6) is 0 Å². The van der Waals surface area contributed by atoms with Crippen molar-refractivity contribution in [3.05, 3.63) is 105 Å². The molecule has 0 aliphatic heterocycles. The Labute approximate surface area is 195 Å². The van der Waals surface area contributed by atoms with Crippen molar-refractivity contribution in [3.8, 4) is 11.3 Å². The molecule has 34 heavy (non-hydrogen) atoms. The van der Waals surface area contributed by atoms with Gasteiger partial charge in [-0.15, -0.1) is 5.10 Å². The van der Waals surface area contributed by atoms with Crippen LogP contribution in [0.3, 0.4) is 0 Å².